The maximum absolute atomic E-state index is 13.8. The van der Waals surface area contributed by atoms with Crippen LogP contribution < -0.4 is 5.32 Å². The van der Waals surface area contributed by atoms with Crippen LogP contribution in [-0.4, -0.2) is 25.5 Å². The third-order valence-corrected chi connectivity index (χ3v) is 4.37. The highest BCUT2D eigenvalue weighted by atomic mass is 32.2. The summed E-state index contributed by atoms with van der Waals surface area (Å²) in [5, 5.41) is 3.57. The van der Waals surface area contributed by atoms with Crippen molar-refractivity contribution < 1.29 is 9.13 Å². The fraction of sp³-hybridized carbons (Fsp3) is 0.538. The first-order chi connectivity index (χ1) is 8.31. The van der Waals surface area contributed by atoms with Gasteiger partial charge in [0.25, 0.3) is 0 Å². The average molecular weight is 255 g/mol. The first-order valence-corrected chi connectivity index (χ1v) is 6.85. The third kappa shape index (κ3) is 3.44. The van der Waals surface area contributed by atoms with Crippen molar-refractivity contribution in [3.05, 3.63) is 29.6 Å². The number of rotatable bonds is 4. The van der Waals surface area contributed by atoms with Crippen molar-refractivity contribution in [1.82, 2.24) is 5.32 Å². The van der Waals surface area contributed by atoms with E-state index in [9.17, 15) is 4.39 Å². The number of thioether (sulfide) groups is 1. The van der Waals surface area contributed by atoms with Crippen molar-refractivity contribution in [2.24, 2.45) is 0 Å². The normalized spacial score (nSPS) is 17.3. The van der Waals surface area contributed by atoms with E-state index in [0.29, 0.717) is 11.8 Å². The molecule has 1 N–H and O–H groups in total. The van der Waals surface area contributed by atoms with Gasteiger partial charge in [0.1, 0.15) is 5.82 Å². The molecule has 94 valence electrons. The van der Waals surface area contributed by atoms with E-state index in [2.05, 4.69) is 5.32 Å². The summed E-state index contributed by atoms with van der Waals surface area (Å²) < 4.78 is 19.2. The molecule has 0 amide bonds. The summed E-state index contributed by atoms with van der Waals surface area (Å²) >= 11 is 1.66. The molecule has 0 atom stereocenters. The molecule has 0 spiro atoms. The van der Waals surface area contributed by atoms with Gasteiger partial charge in [0.15, 0.2) is 0 Å². The molecule has 2 rings (SSSR count). The molecular formula is C13H18FNOS. The predicted molar refractivity (Wildman–Crippen MR) is 68.9 cm³/mol. The number of ether oxygens (including phenoxy) is 1. The van der Waals surface area contributed by atoms with E-state index in [1.165, 1.54) is 0 Å². The second kappa shape index (κ2) is 6.38. The van der Waals surface area contributed by atoms with Gasteiger partial charge in [-0.2, -0.15) is 0 Å². The summed E-state index contributed by atoms with van der Waals surface area (Å²) in [5.74, 6) is -0.103. The minimum atomic E-state index is -0.103. The highest BCUT2D eigenvalue weighted by molar-refractivity contribution is 8.00. The van der Waals surface area contributed by atoms with Crippen molar-refractivity contribution in [2.75, 3.05) is 20.3 Å². The number of nitrogens with one attached hydrogen (secondary N) is 1. The zero-order valence-corrected chi connectivity index (χ0v) is 10.9. The van der Waals surface area contributed by atoms with Crippen LogP contribution in [0.2, 0.25) is 0 Å². The summed E-state index contributed by atoms with van der Waals surface area (Å²) in [6.07, 6.45) is 2.02. The van der Waals surface area contributed by atoms with Gasteiger partial charge in [0.2, 0.25) is 0 Å². The highest BCUT2D eigenvalue weighted by Crippen LogP contribution is 2.33. The van der Waals surface area contributed by atoms with E-state index in [-0.39, 0.29) is 5.82 Å². The minimum absolute atomic E-state index is 0.103. The van der Waals surface area contributed by atoms with Crippen molar-refractivity contribution in [1.29, 1.82) is 0 Å². The lowest BCUT2D eigenvalue weighted by Gasteiger charge is -2.22. The Bertz CT molecular complexity index is 366. The Morgan fingerprint density at radius 3 is 2.88 bits per heavy atom. The zero-order chi connectivity index (χ0) is 12.1. The average Bonchev–Trinajstić information content (AvgIpc) is 2.35. The summed E-state index contributed by atoms with van der Waals surface area (Å²) in [7, 11) is 1.88. The van der Waals surface area contributed by atoms with E-state index in [1.807, 2.05) is 13.1 Å². The predicted octanol–water partition coefficient (Wildman–Crippen LogP) is 2.82. The molecule has 1 heterocycles. The molecule has 1 saturated heterocycles. The molecule has 0 unspecified atom stereocenters. The largest absolute Gasteiger partial charge is 0.381 e. The second-order valence-corrected chi connectivity index (χ2v) is 5.50. The van der Waals surface area contributed by atoms with Gasteiger partial charge >= 0.3 is 0 Å². The van der Waals surface area contributed by atoms with Gasteiger partial charge in [-0.05, 0) is 31.5 Å². The van der Waals surface area contributed by atoms with Gasteiger partial charge in [-0.15, -0.1) is 11.8 Å². The smallest absolute Gasteiger partial charge is 0.137 e. The fourth-order valence-electron chi connectivity index (χ4n) is 1.98. The van der Waals surface area contributed by atoms with Crippen LogP contribution in [0.1, 0.15) is 18.4 Å². The summed E-state index contributed by atoms with van der Waals surface area (Å²) in [5.41, 5.74) is 1.05. The number of hydrogen-bond donors (Lipinski definition) is 1. The maximum Gasteiger partial charge on any atom is 0.137 e. The summed E-state index contributed by atoms with van der Waals surface area (Å²) in [6.45, 7) is 2.31. The molecular weight excluding hydrogens is 237 g/mol. The van der Waals surface area contributed by atoms with Gasteiger partial charge in [-0.3, -0.25) is 0 Å². The molecule has 0 bridgehead atoms. The molecule has 0 saturated carbocycles. The molecule has 1 aliphatic rings. The molecule has 0 radical (unpaired) electrons. The van der Waals surface area contributed by atoms with Crippen LogP contribution in [0.15, 0.2) is 23.1 Å². The first kappa shape index (κ1) is 12.9. The van der Waals surface area contributed by atoms with E-state index < -0.39 is 0 Å². The SMILES string of the molecule is CNCc1cccc(F)c1SC1CCOCC1. The number of hydrogen-bond acceptors (Lipinski definition) is 3. The molecule has 1 aromatic carbocycles. The third-order valence-electron chi connectivity index (χ3n) is 2.87. The van der Waals surface area contributed by atoms with Crippen molar-refractivity contribution >= 4 is 11.8 Å². The van der Waals surface area contributed by atoms with Crippen LogP contribution in [0.5, 0.6) is 0 Å². The lowest BCUT2D eigenvalue weighted by molar-refractivity contribution is 0.1000. The molecule has 1 fully saturated rings. The number of benzene rings is 1. The Balaban J connectivity index is 2.12. The molecule has 2 nitrogen and oxygen atoms in total. The monoisotopic (exact) mass is 255 g/mol. The number of halogens is 1. The van der Waals surface area contributed by atoms with Crippen LogP contribution in [0, 0.1) is 5.82 Å². The Kier molecular flexibility index (Phi) is 4.83. The van der Waals surface area contributed by atoms with Crippen molar-refractivity contribution in [3.63, 3.8) is 0 Å². The van der Waals surface area contributed by atoms with E-state index >= 15 is 0 Å². The summed E-state index contributed by atoms with van der Waals surface area (Å²) in [6, 6.07) is 5.30. The molecule has 0 aliphatic carbocycles. The standard InChI is InChI=1S/C13H18FNOS/c1-15-9-10-3-2-4-12(14)13(10)17-11-5-7-16-8-6-11/h2-4,11,15H,5-9H2,1H3. The Morgan fingerprint density at radius 2 is 2.18 bits per heavy atom. The van der Waals surface area contributed by atoms with Gasteiger partial charge in [0.05, 0.1) is 0 Å². The van der Waals surface area contributed by atoms with Crippen LogP contribution in [-0.2, 0) is 11.3 Å². The van der Waals surface area contributed by atoms with Crippen LogP contribution in [0.4, 0.5) is 4.39 Å². The maximum atomic E-state index is 13.8. The Morgan fingerprint density at radius 1 is 1.41 bits per heavy atom. The van der Waals surface area contributed by atoms with Crippen LogP contribution in [0.25, 0.3) is 0 Å². The molecule has 4 heteroatoms. The quantitative estimate of drug-likeness (QED) is 0.894. The van der Waals surface area contributed by atoms with E-state index in [1.54, 1.807) is 23.9 Å². The topological polar surface area (TPSA) is 21.3 Å². The van der Waals surface area contributed by atoms with E-state index in [0.717, 1.165) is 36.5 Å². The van der Waals surface area contributed by atoms with Crippen LogP contribution in [0.3, 0.4) is 0 Å². The van der Waals surface area contributed by atoms with Crippen molar-refractivity contribution in [3.8, 4) is 0 Å². The Hall–Kier alpha value is -0.580. The zero-order valence-electron chi connectivity index (χ0n) is 10.0. The van der Waals surface area contributed by atoms with Crippen molar-refractivity contribution in [2.45, 2.75) is 29.5 Å². The molecule has 1 aromatic rings. The van der Waals surface area contributed by atoms with Crippen LogP contribution >= 0.6 is 11.8 Å². The molecule has 1 aliphatic heterocycles. The van der Waals surface area contributed by atoms with Gasteiger partial charge in [-0.1, -0.05) is 12.1 Å². The van der Waals surface area contributed by atoms with Gasteiger partial charge < -0.3 is 10.1 Å². The molecule has 17 heavy (non-hydrogen) atoms. The van der Waals surface area contributed by atoms with E-state index in [4.69, 9.17) is 4.74 Å². The lowest BCUT2D eigenvalue weighted by atomic mass is 10.2. The second-order valence-electron chi connectivity index (χ2n) is 4.19. The minimum Gasteiger partial charge on any atom is -0.381 e. The summed E-state index contributed by atoms with van der Waals surface area (Å²) in [4.78, 5) is 0.800. The van der Waals surface area contributed by atoms with Gasteiger partial charge in [-0.25, -0.2) is 4.39 Å². The molecule has 0 aromatic heterocycles. The first-order valence-electron chi connectivity index (χ1n) is 5.97. The highest BCUT2D eigenvalue weighted by Gasteiger charge is 2.18. The van der Waals surface area contributed by atoms with Gasteiger partial charge in [0, 0.05) is 29.9 Å². The Labute approximate surface area is 106 Å². The fourth-order valence-corrected chi connectivity index (χ4v) is 3.21. The lowest BCUT2D eigenvalue weighted by Crippen LogP contribution is -2.18.